The molecular weight excluding hydrogens is 280 g/mol. The van der Waals surface area contributed by atoms with Crippen LogP contribution in [-0.2, 0) is 4.74 Å². The van der Waals surface area contributed by atoms with Gasteiger partial charge in [0.1, 0.15) is 5.82 Å². The van der Waals surface area contributed by atoms with Crippen molar-refractivity contribution in [1.29, 1.82) is 0 Å². The number of rotatable bonds is 5. The van der Waals surface area contributed by atoms with Gasteiger partial charge in [0, 0.05) is 45.5 Å². The smallest absolute Gasteiger partial charge is 0.252 e. The molecule has 2 N–H and O–H groups in total. The Balaban J connectivity index is 1.81. The molecule has 4 rings (SSSR count). The molecule has 6 heteroatoms. The van der Waals surface area contributed by atoms with Gasteiger partial charge in [0.25, 0.3) is 5.91 Å². The maximum Gasteiger partial charge on any atom is 0.252 e. The normalized spacial score (nSPS) is 25.2. The molecule has 1 amide bonds. The van der Waals surface area contributed by atoms with E-state index in [-0.39, 0.29) is 0 Å². The maximum absolute atomic E-state index is 11.7. The van der Waals surface area contributed by atoms with Crippen LogP contribution in [-0.4, -0.2) is 61.7 Å². The number of aromatic nitrogens is 1. The highest BCUT2D eigenvalue weighted by Gasteiger charge is 2.35. The Hall–Kier alpha value is -1.66. The predicted molar refractivity (Wildman–Crippen MR) is 84.9 cm³/mol. The molecular formula is C16H24N4O2. The van der Waals surface area contributed by atoms with Crippen molar-refractivity contribution in [3.8, 4) is 0 Å². The highest BCUT2D eigenvalue weighted by molar-refractivity contribution is 5.97. The van der Waals surface area contributed by atoms with Gasteiger partial charge in [-0.3, -0.25) is 9.69 Å². The number of piperidine rings is 1. The van der Waals surface area contributed by atoms with Crippen LogP contribution in [0.15, 0.2) is 18.3 Å². The summed E-state index contributed by atoms with van der Waals surface area (Å²) in [5.41, 5.74) is 6.03. The van der Waals surface area contributed by atoms with E-state index in [2.05, 4.69) is 14.8 Å². The summed E-state index contributed by atoms with van der Waals surface area (Å²) in [6.45, 7) is 4.67. The van der Waals surface area contributed by atoms with E-state index in [9.17, 15) is 4.79 Å². The summed E-state index contributed by atoms with van der Waals surface area (Å²) in [5, 5.41) is 0. The summed E-state index contributed by atoms with van der Waals surface area (Å²) in [5.74, 6) is 0.940. The average molecular weight is 304 g/mol. The Morgan fingerprint density at radius 2 is 2.27 bits per heavy atom. The Kier molecular flexibility index (Phi) is 4.59. The van der Waals surface area contributed by atoms with Crippen molar-refractivity contribution in [2.75, 3.05) is 44.8 Å². The molecule has 0 radical (unpaired) electrons. The summed E-state index contributed by atoms with van der Waals surface area (Å²) in [7, 11) is 1.75. The number of primary amides is 1. The molecule has 3 aliphatic heterocycles. The van der Waals surface area contributed by atoms with Gasteiger partial charge >= 0.3 is 0 Å². The van der Waals surface area contributed by atoms with Crippen molar-refractivity contribution in [2.24, 2.45) is 11.7 Å². The molecule has 0 aliphatic carbocycles. The van der Waals surface area contributed by atoms with Crippen LogP contribution in [0.25, 0.3) is 0 Å². The summed E-state index contributed by atoms with van der Waals surface area (Å²) < 4.78 is 5.23. The lowest BCUT2D eigenvalue weighted by Gasteiger charge is -2.35. The van der Waals surface area contributed by atoms with Gasteiger partial charge in [-0.05, 0) is 30.9 Å². The molecule has 1 aromatic rings. The number of nitrogens with zero attached hydrogens (tertiary/aromatic N) is 3. The number of carbonyl (C=O) groups excluding carboxylic acids is 1. The maximum atomic E-state index is 11.7. The van der Waals surface area contributed by atoms with Gasteiger partial charge in [0.05, 0.1) is 12.2 Å². The fraction of sp³-hybridized carbons (Fsp3) is 0.625. The first-order valence-electron chi connectivity index (χ1n) is 7.91. The molecule has 0 saturated carbocycles. The molecule has 3 aliphatic rings. The Morgan fingerprint density at radius 1 is 1.41 bits per heavy atom. The van der Waals surface area contributed by atoms with Crippen LogP contribution in [0.1, 0.15) is 23.2 Å². The van der Waals surface area contributed by atoms with Gasteiger partial charge in [-0.15, -0.1) is 0 Å². The topological polar surface area (TPSA) is 71.7 Å². The second-order valence-corrected chi connectivity index (χ2v) is 6.23. The molecule has 1 aromatic heterocycles. The molecule has 0 spiro atoms. The summed E-state index contributed by atoms with van der Waals surface area (Å²) in [4.78, 5) is 20.9. The monoisotopic (exact) mass is 304 g/mol. The van der Waals surface area contributed by atoms with Gasteiger partial charge < -0.3 is 15.4 Å². The van der Waals surface area contributed by atoms with Crippen LogP contribution < -0.4 is 10.6 Å². The van der Waals surface area contributed by atoms with Crippen LogP contribution in [0.3, 0.4) is 0 Å². The third kappa shape index (κ3) is 3.08. The van der Waals surface area contributed by atoms with Crippen LogP contribution in [0.2, 0.25) is 0 Å². The zero-order chi connectivity index (χ0) is 15.5. The van der Waals surface area contributed by atoms with Gasteiger partial charge in [0.2, 0.25) is 0 Å². The van der Waals surface area contributed by atoms with Crippen molar-refractivity contribution in [3.63, 3.8) is 0 Å². The number of pyridine rings is 1. The third-order valence-corrected chi connectivity index (χ3v) is 4.76. The van der Waals surface area contributed by atoms with E-state index in [0.717, 1.165) is 38.6 Å². The first kappa shape index (κ1) is 15.2. The van der Waals surface area contributed by atoms with E-state index in [0.29, 0.717) is 17.5 Å². The third-order valence-electron chi connectivity index (χ3n) is 4.76. The first-order chi connectivity index (χ1) is 10.7. The first-order valence-corrected chi connectivity index (χ1v) is 7.91. The van der Waals surface area contributed by atoms with Crippen molar-refractivity contribution in [2.45, 2.75) is 18.9 Å². The average Bonchev–Trinajstić information content (AvgIpc) is 2.84. The molecule has 3 saturated heterocycles. The summed E-state index contributed by atoms with van der Waals surface area (Å²) in [6, 6.07) is 4.03. The van der Waals surface area contributed by atoms with E-state index in [1.54, 1.807) is 25.4 Å². The van der Waals surface area contributed by atoms with Crippen molar-refractivity contribution in [1.82, 2.24) is 9.88 Å². The van der Waals surface area contributed by atoms with Gasteiger partial charge in [-0.25, -0.2) is 4.98 Å². The Labute approximate surface area is 131 Å². The van der Waals surface area contributed by atoms with Crippen molar-refractivity contribution >= 4 is 11.7 Å². The lowest BCUT2D eigenvalue weighted by Crippen LogP contribution is -2.45. The molecule has 3 fully saturated rings. The second kappa shape index (κ2) is 6.62. The van der Waals surface area contributed by atoms with Crippen LogP contribution in [0, 0.1) is 5.92 Å². The van der Waals surface area contributed by atoms with E-state index < -0.39 is 5.91 Å². The van der Waals surface area contributed by atoms with Crippen LogP contribution in [0.4, 0.5) is 5.82 Å². The second-order valence-electron chi connectivity index (χ2n) is 6.23. The van der Waals surface area contributed by atoms with Gasteiger partial charge in [0.15, 0.2) is 0 Å². The summed E-state index contributed by atoms with van der Waals surface area (Å²) in [6.07, 6.45) is 4.17. The van der Waals surface area contributed by atoms with E-state index >= 15 is 0 Å². The zero-order valence-electron chi connectivity index (χ0n) is 13.1. The van der Waals surface area contributed by atoms with Crippen LogP contribution >= 0.6 is 0 Å². The molecule has 0 aromatic carbocycles. The lowest BCUT2D eigenvalue weighted by atomic mass is 9.95. The fourth-order valence-corrected chi connectivity index (χ4v) is 3.68. The zero-order valence-corrected chi connectivity index (χ0v) is 13.1. The minimum atomic E-state index is -0.407. The Morgan fingerprint density at radius 3 is 3.05 bits per heavy atom. The van der Waals surface area contributed by atoms with Gasteiger partial charge in [-0.2, -0.15) is 0 Å². The molecule has 4 heterocycles. The minimum absolute atomic E-state index is 0.407. The molecule has 2 bridgehead atoms. The van der Waals surface area contributed by atoms with E-state index in [4.69, 9.17) is 10.5 Å². The molecule has 0 unspecified atom stereocenters. The van der Waals surface area contributed by atoms with Crippen LogP contribution in [0.5, 0.6) is 0 Å². The van der Waals surface area contributed by atoms with Crippen molar-refractivity contribution in [3.05, 3.63) is 23.9 Å². The molecule has 120 valence electrons. The highest BCUT2D eigenvalue weighted by atomic mass is 16.5. The summed E-state index contributed by atoms with van der Waals surface area (Å²) >= 11 is 0. The lowest BCUT2D eigenvalue weighted by molar-refractivity contribution is 0.0889. The highest BCUT2D eigenvalue weighted by Crippen LogP contribution is 2.31. The van der Waals surface area contributed by atoms with E-state index in [1.807, 2.05) is 0 Å². The number of hydrogen-bond acceptors (Lipinski definition) is 5. The number of fused-ring (bicyclic) bond motifs is 4. The predicted octanol–water partition coefficient (Wildman–Crippen LogP) is 0.728. The number of amides is 1. The Bertz CT molecular complexity index is 537. The number of anilines is 1. The molecule has 6 nitrogen and oxygen atoms in total. The molecule has 2 atom stereocenters. The number of methoxy groups -OCH3 is 1. The number of carbonyl (C=O) groups is 1. The standard InChI is InChI=1S/C16H24N4O2/c1-22-8-7-19-9-12-4-5-13(19)11-20(10-12)16-14(15(17)21)3-2-6-18-16/h2-3,6,12-13H,4-5,7-11H2,1H3,(H2,17,21)/t12-,13-/m1/s1. The largest absolute Gasteiger partial charge is 0.383 e. The SMILES string of the molecule is COCCN1C[C@H]2CC[C@@H]1CN(c1ncccc1C(N)=O)C2. The van der Waals surface area contributed by atoms with Crippen molar-refractivity contribution < 1.29 is 9.53 Å². The van der Waals surface area contributed by atoms with Gasteiger partial charge in [-0.1, -0.05) is 0 Å². The molecule has 22 heavy (non-hydrogen) atoms. The quantitative estimate of drug-likeness (QED) is 0.868. The number of ether oxygens (including phenoxy) is 1. The fourth-order valence-electron chi connectivity index (χ4n) is 3.68. The van der Waals surface area contributed by atoms with E-state index in [1.165, 1.54) is 12.8 Å². The number of nitrogens with two attached hydrogens (primary N) is 1. The minimum Gasteiger partial charge on any atom is -0.383 e. The number of hydrogen-bond donors (Lipinski definition) is 1.